The molecule has 5 nitrogen and oxygen atoms in total. The Morgan fingerprint density at radius 3 is 2.33 bits per heavy atom. The molecule has 3 amide bonds. The quantitative estimate of drug-likeness (QED) is 0.685. The molecule has 5 heteroatoms. The number of hydrogen-bond donors (Lipinski definition) is 1. The van der Waals surface area contributed by atoms with E-state index in [2.05, 4.69) is 5.32 Å². The van der Waals surface area contributed by atoms with Crippen LogP contribution in [0.1, 0.15) is 58.3 Å². The van der Waals surface area contributed by atoms with Gasteiger partial charge in [0.25, 0.3) is 5.91 Å². The van der Waals surface area contributed by atoms with E-state index in [1.54, 1.807) is 0 Å². The molecule has 2 fully saturated rings. The molecule has 0 radical (unpaired) electrons. The van der Waals surface area contributed by atoms with Crippen LogP contribution in [-0.2, 0) is 4.79 Å². The fourth-order valence-corrected chi connectivity index (χ4v) is 4.07. The summed E-state index contributed by atoms with van der Waals surface area (Å²) >= 11 is 0. The predicted molar refractivity (Wildman–Crippen MR) is 91.2 cm³/mol. The Morgan fingerprint density at radius 1 is 1.08 bits per heavy atom. The van der Waals surface area contributed by atoms with Crippen LogP contribution >= 0.6 is 0 Å². The first-order chi connectivity index (χ1) is 11.3. The van der Waals surface area contributed by atoms with Crippen LogP contribution in [0.4, 0.5) is 4.79 Å². The number of urea groups is 1. The van der Waals surface area contributed by atoms with E-state index < -0.39 is 11.6 Å². The number of Topliss-reactive ketones (excluding diaryl/α,β-unsaturated/α-hetero) is 1. The maximum Gasteiger partial charge on any atom is 0.325 e. The zero-order valence-corrected chi connectivity index (χ0v) is 14.8. The van der Waals surface area contributed by atoms with E-state index in [4.69, 9.17) is 0 Å². The molecule has 24 heavy (non-hydrogen) atoms. The van der Waals surface area contributed by atoms with Crippen LogP contribution in [-0.4, -0.2) is 34.7 Å². The number of carbonyl (C=O) groups excluding carboxylic acids is 3. The van der Waals surface area contributed by atoms with Gasteiger partial charge in [-0.2, -0.15) is 0 Å². The van der Waals surface area contributed by atoms with Gasteiger partial charge in [-0.25, -0.2) is 4.79 Å². The molecule has 1 aliphatic heterocycles. The van der Waals surface area contributed by atoms with Crippen molar-refractivity contribution in [2.24, 2.45) is 0 Å². The van der Waals surface area contributed by atoms with Crippen molar-refractivity contribution in [3.05, 3.63) is 33.9 Å². The summed E-state index contributed by atoms with van der Waals surface area (Å²) in [5, 5.41) is 2.82. The third-order valence-electron chi connectivity index (χ3n) is 5.64. The fourth-order valence-electron chi connectivity index (χ4n) is 4.07. The summed E-state index contributed by atoms with van der Waals surface area (Å²) < 4.78 is 0. The van der Waals surface area contributed by atoms with E-state index in [0.29, 0.717) is 18.4 Å². The standard InChI is InChI=1S/C19H24N2O3/c1-11-9-12(2)16(14(4)13(11)3)15(22)10-21-17(23)19(20-18(21)24)7-5-6-8-19/h9H,5-8,10H2,1-4H3,(H,20,24). The Morgan fingerprint density at radius 2 is 1.71 bits per heavy atom. The van der Waals surface area contributed by atoms with Crippen molar-refractivity contribution in [1.29, 1.82) is 0 Å². The van der Waals surface area contributed by atoms with E-state index >= 15 is 0 Å². The highest BCUT2D eigenvalue weighted by Gasteiger charge is 2.52. The monoisotopic (exact) mass is 328 g/mol. The Kier molecular flexibility index (Phi) is 3.98. The van der Waals surface area contributed by atoms with Crippen LogP contribution in [0.15, 0.2) is 6.07 Å². The predicted octanol–water partition coefficient (Wildman–Crippen LogP) is 2.97. The number of benzene rings is 1. The summed E-state index contributed by atoms with van der Waals surface area (Å²) in [7, 11) is 0. The Bertz CT molecular complexity index is 745. The van der Waals surface area contributed by atoms with Crippen molar-refractivity contribution in [2.45, 2.75) is 58.9 Å². The van der Waals surface area contributed by atoms with Gasteiger partial charge in [0.05, 0.1) is 6.54 Å². The summed E-state index contributed by atoms with van der Waals surface area (Å²) in [5.41, 5.74) is 3.91. The van der Waals surface area contributed by atoms with Gasteiger partial charge in [0, 0.05) is 5.56 Å². The van der Waals surface area contributed by atoms with Gasteiger partial charge in [-0.3, -0.25) is 14.5 Å². The molecule has 128 valence electrons. The first-order valence-electron chi connectivity index (χ1n) is 8.51. The Hall–Kier alpha value is -2.17. The largest absolute Gasteiger partial charge is 0.325 e. The van der Waals surface area contributed by atoms with Crippen LogP contribution in [0.2, 0.25) is 0 Å². The van der Waals surface area contributed by atoms with Crippen molar-refractivity contribution in [2.75, 3.05) is 6.54 Å². The number of aryl methyl sites for hydroxylation is 2. The number of rotatable bonds is 3. The third kappa shape index (κ3) is 2.43. The molecule has 2 aliphatic rings. The highest BCUT2D eigenvalue weighted by Crippen LogP contribution is 2.35. The van der Waals surface area contributed by atoms with E-state index in [0.717, 1.165) is 40.0 Å². The maximum atomic E-state index is 12.8. The average molecular weight is 328 g/mol. The molecule has 0 bridgehead atoms. The van der Waals surface area contributed by atoms with Gasteiger partial charge in [-0.15, -0.1) is 0 Å². The molecule has 1 aromatic rings. The lowest BCUT2D eigenvalue weighted by Crippen LogP contribution is -2.44. The second kappa shape index (κ2) is 5.72. The molecule has 1 N–H and O–H groups in total. The molecule has 0 atom stereocenters. The van der Waals surface area contributed by atoms with Crippen molar-refractivity contribution in [3.63, 3.8) is 0 Å². The lowest BCUT2D eigenvalue weighted by molar-refractivity contribution is -0.130. The van der Waals surface area contributed by atoms with E-state index in [9.17, 15) is 14.4 Å². The number of hydrogen-bond acceptors (Lipinski definition) is 3. The highest BCUT2D eigenvalue weighted by molar-refractivity contribution is 6.11. The molecule has 1 saturated carbocycles. The minimum Gasteiger partial charge on any atom is -0.323 e. The van der Waals surface area contributed by atoms with Gasteiger partial charge < -0.3 is 5.32 Å². The summed E-state index contributed by atoms with van der Waals surface area (Å²) in [4.78, 5) is 38.9. The summed E-state index contributed by atoms with van der Waals surface area (Å²) in [6.07, 6.45) is 3.21. The molecule has 0 unspecified atom stereocenters. The van der Waals surface area contributed by atoms with Gasteiger partial charge in [0.2, 0.25) is 0 Å². The summed E-state index contributed by atoms with van der Waals surface area (Å²) in [6.45, 7) is 7.65. The molecule has 1 saturated heterocycles. The van der Waals surface area contributed by atoms with Gasteiger partial charge in [-0.1, -0.05) is 18.9 Å². The summed E-state index contributed by atoms with van der Waals surface area (Å²) in [6, 6.07) is 1.55. The highest BCUT2D eigenvalue weighted by atomic mass is 16.2. The third-order valence-corrected chi connectivity index (χ3v) is 5.64. The van der Waals surface area contributed by atoms with Gasteiger partial charge in [-0.05, 0) is 62.8 Å². The smallest absolute Gasteiger partial charge is 0.323 e. The van der Waals surface area contributed by atoms with Crippen LogP contribution in [0, 0.1) is 27.7 Å². The SMILES string of the molecule is Cc1cc(C)c(C(=O)CN2C(=O)NC3(CCCC3)C2=O)c(C)c1C. The maximum absolute atomic E-state index is 12.8. The van der Waals surface area contributed by atoms with E-state index in [-0.39, 0.29) is 18.2 Å². The first-order valence-corrected chi connectivity index (χ1v) is 8.51. The van der Waals surface area contributed by atoms with Gasteiger partial charge in [0.15, 0.2) is 5.78 Å². The molecular formula is C19H24N2O3. The van der Waals surface area contributed by atoms with Crippen LogP contribution in [0.25, 0.3) is 0 Å². The second-order valence-electron chi connectivity index (χ2n) is 7.17. The number of nitrogens with one attached hydrogen (secondary N) is 1. The molecule has 3 rings (SSSR count). The molecular weight excluding hydrogens is 304 g/mol. The Balaban J connectivity index is 1.87. The number of carbonyl (C=O) groups is 3. The molecule has 1 spiro atoms. The van der Waals surface area contributed by atoms with E-state index in [1.807, 2.05) is 33.8 Å². The second-order valence-corrected chi connectivity index (χ2v) is 7.17. The fraction of sp³-hybridized carbons (Fsp3) is 0.526. The van der Waals surface area contributed by atoms with Crippen LogP contribution in [0.5, 0.6) is 0 Å². The lowest BCUT2D eigenvalue weighted by Gasteiger charge is -2.20. The topological polar surface area (TPSA) is 66.5 Å². The van der Waals surface area contributed by atoms with Crippen molar-refractivity contribution in [3.8, 4) is 0 Å². The van der Waals surface area contributed by atoms with Gasteiger partial charge in [0.1, 0.15) is 5.54 Å². The van der Waals surface area contributed by atoms with Crippen LogP contribution < -0.4 is 5.32 Å². The van der Waals surface area contributed by atoms with Crippen molar-refractivity contribution >= 4 is 17.7 Å². The number of amides is 3. The zero-order valence-electron chi connectivity index (χ0n) is 14.8. The normalized spacial score (nSPS) is 19.2. The molecule has 1 aliphatic carbocycles. The number of ketones is 1. The van der Waals surface area contributed by atoms with Gasteiger partial charge >= 0.3 is 6.03 Å². The lowest BCUT2D eigenvalue weighted by atomic mass is 9.91. The number of nitrogens with zero attached hydrogens (tertiary/aromatic N) is 1. The molecule has 1 aromatic carbocycles. The minimum atomic E-state index is -0.759. The molecule has 0 aromatic heterocycles. The van der Waals surface area contributed by atoms with E-state index in [1.165, 1.54) is 0 Å². The van der Waals surface area contributed by atoms with Crippen LogP contribution in [0.3, 0.4) is 0 Å². The molecule has 1 heterocycles. The minimum absolute atomic E-state index is 0.174. The summed E-state index contributed by atoms with van der Waals surface area (Å²) in [5.74, 6) is -0.413. The average Bonchev–Trinajstić information content (AvgIpc) is 3.06. The van der Waals surface area contributed by atoms with Crippen molar-refractivity contribution in [1.82, 2.24) is 10.2 Å². The first kappa shape index (κ1) is 16.7. The number of imide groups is 1. The Labute approximate surface area is 142 Å². The van der Waals surface area contributed by atoms with Crippen molar-refractivity contribution < 1.29 is 14.4 Å². The zero-order chi connectivity index (χ0) is 17.6.